The van der Waals surface area contributed by atoms with Crippen LogP contribution in [-0.4, -0.2) is 17.7 Å². The second-order valence-corrected chi connectivity index (χ2v) is 5.10. The quantitative estimate of drug-likeness (QED) is 0.769. The van der Waals surface area contributed by atoms with Crippen molar-refractivity contribution < 1.29 is 18.7 Å². The molecule has 0 saturated heterocycles. The first-order valence-corrected chi connectivity index (χ1v) is 6.99. The summed E-state index contributed by atoms with van der Waals surface area (Å²) in [4.78, 5) is 25.9. The average Bonchev–Trinajstić information content (AvgIpc) is 3.16. The Morgan fingerprint density at radius 2 is 2.00 bits per heavy atom. The normalized spacial score (nSPS) is 12.5. The maximum Gasteiger partial charge on any atom is 0.417 e. The first-order chi connectivity index (χ1) is 11.2. The van der Waals surface area contributed by atoms with E-state index in [-0.39, 0.29) is 12.7 Å². The lowest BCUT2D eigenvalue weighted by Gasteiger charge is -2.06. The number of hydrogen-bond acceptors (Lipinski definition) is 5. The van der Waals surface area contributed by atoms with Gasteiger partial charge in [-0.1, -0.05) is 6.07 Å². The molecule has 0 fully saturated rings. The van der Waals surface area contributed by atoms with Gasteiger partial charge in [-0.2, -0.15) is 0 Å². The molecule has 4 rings (SSSR count). The largest absolute Gasteiger partial charge is 0.454 e. The van der Waals surface area contributed by atoms with Gasteiger partial charge in [-0.05, 0) is 35.9 Å². The van der Waals surface area contributed by atoms with Gasteiger partial charge in [0.2, 0.25) is 6.79 Å². The van der Waals surface area contributed by atoms with Crippen LogP contribution in [0, 0.1) is 0 Å². The SMILES string of the molecule is O=C(NCc1ccc2oc(=O)[nH]c2c1)c1ccc2c(c1)OCO2. The minimum absolute atomic E-state index is 0.170. The molecule has 1 amide bonds. The van der Waals surface area contributed by atoms with E-state index in [1.54, 1.807) is 36.4 Å². The number of ether oxygens (including phenoxy) is 2. The van der Waals surface area contributed by atoms with Crippen LogP contribution in [0.2, 0.25) is 0 Å². The Morgan fingerprint density at radius 1 is 1.13 bits per heavy atom. The number of carbonyl (C=O) groups excluding carboxylic acids is 1. The van der Waals surface area contributed by atoms with E-state index in [2.05, 4.69) is 10.3 Å². The van der Waals surface area contributed by atoms with E-state index in [0.717, 1.165) is 5.56 Å². The topological polar surface area (TPSA) is 93.6 Å². The average molecular weight is 312 g/mol. The molecule has 2 aromatic carbocycles. The van der Waals surface area contributed by atoms with Gasteiger partial charge in [0, 0.05) is 12.1 Å². The molecule has 0 bridgehead atoms. The van der Waals surface area contributed by atoms with Crippen molar-refractivity contribution in [2.24, 2.45) is 0 Å². The Hall–Kier alpha value is -3.22. The van der Waals surface area contributed by atoms with Crippen molar-refractivity contribution in [3.63, 3.8) is 0 Å². The van der Waals surface area contributed by atoms with Crippen LogP contribution in [0.3, 0.4) is 0 Å². The molecule has 0 atom stereocenters. The highest BCUT2D eigenvalue weighted by Gasteiger charge is 2.16. The highest BCUT2D eigenvalue weighted by atomic mass is 16.7. The molecule has 23 heavy (non-hydrogen) atoms. The van der Waals surface area contributed by atoms with E-state index >= 15 is 0 Å². The summed E-state index contributed by atoms with van der Waals surface area (Å²) in [5, 5.41) is 2.82. The summed E-state index contributed by atoms with van der Waals surface area (Å²) in [5.74, 6) is 0.483. The summed E-state index contributed by atoms with van der Waals surface area (Å²) in [6.07, 6.45) is 0. The van der Waals surface area contributed by atoms with Gasteiger partial charge in [0.1, 0.15) is 0 Å². The minimum atomic E-state index is -0.499. The predicted molar refractivity (Wildman–Crippen MR) is 80.6 cm³/mol. The molecule has 116 valence electrons. The van der Waals surface area contributed by atoms with E-state index in [0.29, 0.717) is 34.7 Å². The van der Waals surface area contributed by atoms with E-state index in [1.807, 2.05) is 0 Å². The highest BCUT2D eigenvalue weighted by molar-refractivity contribution is 5.94. The number of fused-ring (bicyclic) bond motifs is 2. The first kappa shape index (κ1) is 13.4. The Labute approximate surface area is 129 Å². The molecule has 7 heteroatoms. The summed E-state index contributed by atoms with van der Waals surface area (Å²) >= 11 is 0. The fraction of sp³-hybridized carbons (Fsp3) is 0.125. The van der Waals surface area contributed by atoms with Crippen LogP contribution in [0.15, 0.2) is 45.6 Å². The zero-order chi connectivity index (χ0) is 15.8. The fourth-order valence-corrected chi connectivity index (χ4v) is 2.43. The molecule has 1 aliphatic rings. The molecule has 1 aliphatic heterocycles. The number of benzene rings is 2. The summed E-state index contributed by atoms with van der Waals surface area (Å²) in [6, 6.07) is 10.3. The Kier molecular flexibility index (Phi) is 3.04. The maximum absolute atomic E-state index is 12.2. The number of aromatic amines is 1. The number of rotatable bonds is 3. The van der Waals surface area contributed by atoms with Gasteiger partial charge >= 0.3 is 5.76 Å². The second kappa shape index (κ2) is 5.20. The third-order valence-corrected chi connectivity index (χ3v) is 3.57. The van der Waals surface area contributed by atoms with E-state index in [9.17, 15) is 9.59 Å². The smallest absolute Gasteiger partial charge is 0.417 e. The lowest BCUT2D eigenvalue weighted by Crippen LogP contribution is -2.22. The Balaban J connectivity index is 1.48. The Morgan fingerprint density at radius 3 is 2.91 bits per heavy atom. The maximum atomic E-state index is 12.2. The van der Waals surface area contributed by atoms with E-state index in [1.165, 1.54) is 0 Å². The zero-order valence-corrected chi connectivity index (χ0v) is 11.9. The van der Waals surface area contributed by atoms with Gasteiger partial charge in [-0.25, -0.2) is 4.79 Å². The van der Waals surface area contributed by atoms with Crippen molar-refractivity contribution >= 4 is 17.0 Å². The molecular weight excluding hydrogens is 300 g/mol. The van der Waals surface area contributed by atoms with Crippen molar-refractivity contribution in [1.29, 1.82) is 0 Å². The number of nitrogens with one attached hydrogen (secondary N) is 2. The molecule has 3 aromatic rings. The molecule has 2 heterocycles. The molecule has 0 aliphatic carbocycles. The lowest BCUT2D eigenvalue weighted by atomic mass is 10.1. The third kappa shape index (κ3) is 2.52. The van der Waals surface area contributed by atoms with Crippen LogP contribution in [0.5, 0.6) is 11.5 Å². The minimum Gasteiger partial charge on any atom is -0.454 e. The number of amides is 1. The van der Waals surface area contributed by atoms with Gasteiger partial charge < -0.3 is 19.2 Å². The summed E-state index contributed by atoms with van der Waals surface area (Å²) in [7, 11) is 0. The number of hydrogen-bond donors (Lipinski definition) is 2. The van der Waals surface area contributed by atoms with E-state index < -0.39 is 5.76 Å². The number of oxazole rings is 1. The molecule has 0 radical (unpaired) electrons. The van der Waals surface area contributed by atoms with Crippen LogP contribution in [-0.2, 0) is 6.54 Å². The number of aromatic nitrogens is 1. The van der Waals surface area contributed by atoms with Crippen LogP contribution < -0.4 is 20.5 Å². The lowest BCUT2D eigenvalue weighted by molar-refractivity contribution is 0.0950. The molecule has 0 spiro atoms. The van der Waals surface area contributed by atoms with Crippen LogP contribution >= 0.6 is 0 Å². The third-order valence-electron chi connectivity index (χ3n) is 3.57. The summed E-state index contributed by atoms with van der Waals surface area (Å²) in [5.41, 5.74) is 2.43. The standard InChI is InChI=1S/C16H12N2O5/c19-15(10-2-4-13-14(6-10)22-8-21-13)17-7-9-1-3-12-11(5-9)18-16(20)23-12/h1-6H,7-8H2,(H,17,19)(H,18,20). The summed E-state index contributed by atoms with van der Waals surface area (Å²) < 4.78 is 15.4. The fourth-order valence-electron chi connectivity index (χ4n) is 2.43. The molecule has 2 N–H and O–H groups in total. The molecule has 1 aromatic heterocycles. The van der Waals surface area contributed by atoms with Crippen molar-refractivity contribution in [1.82, 2.24) is 10.3 Å². The van der Waals surface area contributed by atoms with Crippen molar-refractivity contribution in [3.8, 4) is 11.5 Å². The first-order valence-electron chi connectivity index (χ1n) is 6.99. The number of H-pyrrole nitrogens is 1. The van der Waals surface area contributed by atoms with E-state index in [4.69, 9.17) is 13.9 Å². The molecular formula is C16H12N2O5. The van der Waals surface area contributed by atoms with Gasteiger partial charge in [0.05, 0.1) is 5.52 Å². The number of carbonyl (C=O) groups is 1. The Bertz CT molecular complexity index is 957. The zero-order valence-electron chi connectivity index (χ0n) is 11.9. The van der Waals surface area contributed by atoms with Crippen LogP contribution in [0.4, 0.5) is 0 Å². The van der Waals surface area contributed by atoms with Crippen molar-refractivity contribution in [2.45, 2.75) is 6.54 Å². The van der Waals surface area contributed by atoms with Gasteiger partial charge in [0.25, 0.3) is 5.91 Å². The van der Waals surface area contributed by atoms with Gasteiger partial charge in [-0.15, -0.1) is 0 Å². The van der Waals surface area contributed by atoms with Crippen molar-refractivity contribution in [3.05, 3.63) is 58.1 Å². The molecule has 0 saturated carbocycles. The monoisotopic (exact) mass is 312 g/mol. The highest BCUT2D eigenvalue weighted by Crippen LogP contribution is 2.32. The molecule has 7 nitrogen and oxygen atoms in total. The van der Waals surface area contributed by atoms with Crippen molar-refractivity contribution in [2.75, 3.05) is 6.79 Å². The van der Waals surface area contributed by atoms with Gasteiger partial charge in [-0.3, -0.25) is 9.78 Å². The van der Waals surface area contributed by atoms with Crippen LogP contribution in [0.1, 0.15) is 15.9 Å². The van der Waals surface area contributed by atoms with Crippen LogP contribution in [0.25, 0.3) is 11.1 Å². The summed E-state index contributed by atoms with van der Waals surface area (Å²) in [6.45, 7) is 0.500. The van der Waals surface area contributed by atoms with Gasteiger partial charge in [0.15, 0.2) is 17.1 Å². The molecule has 0 unspecified atom stereocenters. The second-order valence-electron chi connectivity index (χ2n) is 5.10. The predicted octanol–water partition coefficient (Wildman–Crippen LogP) is 1.78.